The van der Waals surface area contributed by atoms with E-state index in [4.69, 9.17) is 0 Å². The van der Waals surface area contributed by atoms with Crippen molar-refractivity contribution in [2.75, 3.05) is 5.32 Å². The van der Waals surface area contributed by atoms with Crippen molar-refractivity contribution in [2.45, 2.75) is 49.4 Å². The molecule has 4 fully saturated rings. The van der Waals surface area contributed by atoms with Gasteiger partial charge in [0.25, 0.3) is 5.91 Å². The summed E-state index contributed by atoms with van der Waals surface area (Å²) >= 11 is 3.98. The molecule has 2 N–H and O–H groups in total. The Morgan fingerprint density at radius 3 is 2.23 bits per heavy atom. The second-order valence-corrected chi connectivity index (χ2v) is 11.3. The number of hydrogen-bond acceptors (Lipinski definition) is 2. The van der Waals surface area contributed by atoms with Crippen molar-refractivity contribution in [3.8, 4) is 0 Å². The summed E-state index contributed by atoms with van der Waals surface area (Å²) in [6.07, 6.45) is 6.69. The highest BCUT2D eigenvalue weighted by Gasteiger charge is 2.59. The first kappa shape index (κ1) is 19.8. The van der Waals surface area contributed by atoms with Gasteiger partial charge in [0.1, 0.15) is 0 Å². The van der Waals surface area contributed by atoms with Crippen molar-refractivity contribution in [3.63, 3.8) is 0 Å². The van der Waals surface area contributed by atoms with Crippen LogP contribution in [-0.4, -0.2) is 16.1 Å². The van der Waals surface area contributed by atoms with E-state index in [0.29, 0.717) is 23.9 Å². The van der Waals surface area contributed by atoms with Gasteiger partial charge in [-0.2, -0.15) is 0 Å². The summed E-state index contributed by atoms with van der Waals surface area (Å²) < 4.78 is 0.162. The second kappa shape index (κ2) is 7.52. The summed E-state index contributed by atoms with van der Waals surface area (Å²) in [4.78, 5) is 25.7. The molecule has 0 heterocycles. The van der Waals surface area contributed by atoms with Crippen LogP contribution in [0.5, 0.6) is 0 Å². The number of anilines is 1. The van der Waals surface area contributed by atoms with Gasteiger partial charge >= 0.3 is 0 Å². The molecule has 0 aromatic heterocycles. The van der Waals surface area contributed by atoms with Gasteiger partial charge in [0, 0.05) is 22.1 Å². The Labute approximate surface area is 186 Å². The minimum Gasteiger partial charge on any atom is -0.348 e. The molecule has 4 bridgehead atoms. The Hall–Kier alpha value is -2.14. The van der Waals surface area contributed by atoms with E-state index in [2.05, 4.69) is 26.6 Å². The summed E-state index contributed by atoms with van der Waals surface area (Å²) in [5, 5.41) is 6.09. The molecule has 0 spiro atoms. The van der Waals surface area contributed by atoms with Gasteiger partial charge in [-0.25, -0.2) is 0 Å². The van der Waals surface area contributed by atoms with Crippen molar-refractivity contribution >= 4 is 33.4 Å². The molecule has 0 saturated heterocycles. The average molecular weight is 467 g/mol. The molecule has 4 nitrogen and oxygen atoms in total. The lowest BCUT2D eigenvalue weighted by Gasteiger charge is -2.59. The molecule has 5 heteroatoms. The number of carbonyl (C=O) groups is 2. The molecule has 30 heavy (non-hydrogen) atoms. The van der Waals surface area contributed by atoms with Gasteiger partial charge in [-0.15, -0.1) is 0 Å². The molecule has 156 valence electrons. The number of nitrogens with one attached hydrogen (secondary N) is 2. The molecule has 4 aliphatic carbocycles. The minimum absolute atomic E-state index is 0.112. The summed E-state index contributed by atoms with van der Waals surface area (Å²) in [5.41, 5.74) is 2.19. The standard InChI is InChI=1S/C25H27BrN2O2/c26-25-13-18-10-19(14-25)12-24(11-18,16-25)23(30)28-21-8-6-20(7-9-21)22(29)27-15-17-4-2-1-3-5-17/h1-9,18-19H,10-16H2,(H,27,29)(H,28,30)/t18-,19-,24?,25?/m1/s1. The molecule has 2 aromatic rings. The monoisotopic (exact) mass is 466 g/mol. The Morgan fingerprint density at radius 1 is 0.933 bits per heavy atom. The zero-order valence-electron chi connectivity index (χ0n) is 17.0. The van der Waals surface area contributed by atoms with E-state index in [0.717, 1.165) is 30.5 Å². The number of halogens is 1. The molecular formula is C25H27BrN2O2. The fraction of sp³-hybridized carbons (Fsp3) is 0.440. The van der Waals surface area contributed by atoms with Crippen molar-refractivity contribution < 1.29 is 9.59 Å². The van der Waals surface area contributed by atoms with Crippen molar-refractivity contribution in [1.82, 2.24) is 5.32 Å². The lowest BCUT2D eigenvalue weighted by atomic mass is 9.49. The normalized spacial score (nSPS) is 31.4. The summed E-state index contributed by atoms with van der Waals surface area (Å²) in [6, 6.07) is 17.1. The third-order valence-electron chi connectivity index (χ3n) is 7.17. The number of hydrogen-bond donors (Lipinski definition) is 2. The van der Waals surface area contributed by atoms with Crippen molar-refractivity contribution in [2.24, 2.45) is 17.3 Å². The quantitative estimate of drug-likeness (QED) is 0.588. The third-order valence-corrected chi connectivity index (χ3v) is 8.10. The first-order valence-electron chi connectivity index (χ1n) is 10.9. The molecule has 2 atom stereocenters. The van der Waals surface area contributed by atoms with Crippen LogP contribution in [0.2, 0.25) is 0 Å². The van der Waals surface area contributed by atoms with Crippen LogP contribution in [-0.2, 0) is 11.3 Å². The molecule has 0 radical (unpaired) electrons. The summed E-state index contributed by atoms with van der Waals surface area (Å²) in [6.45, 7) is 0.497. The highest BCUT2D eigenvalue weighted by Crippen LogP contribution is 2.64. The maximum absolute atomic E-state index is 13.3. The van der Waals surface area contributed by atoms with Gasteiger partial charge in [-0.05, 0) is 80.2 Å². The molecule has 6 rings (SSSR count). The van der Waals surface area contributed by atoms with E-state index < -0.39 is 0 Å². The Kier molecular flexibility index (Phi) is 4.97. The van der Waals surface area contributed by atoms with Crippen LogP contribution in [0.4, 0.5) is 5.69 Å². The number of rotatable bonds is 5. The molecule has 4 saturated carbocycles. The fourth-order valence-electron chi connectivity index (χ4n) is 6.27. The highest BCUT2D eigenvalue weighted by atomic mass is 79.9. The van der Waals surface area contributed by atoms with Crippen LogP contribution in [0.1, 0.15) is 54.4 Å². The van der Waals surface area contributed by atoms with Crippen LogP contribution in [0.25, 0.3) is 0 Å². The van der Waals surface area contributed by atoms with E-state index >= 15 is 0 Å². The SMILES string of the molecule is O=C(NCc1ccccc1)c1ccc(NC(=O)C23C[C@H]4C[C@@H](CC(Br)(C4)C2)C3)cc1. The molecule has 0 aliphatic heterocycles. The van der Waals surface area contributed by atoms with E-state index in [-0.39, 0.29) is 21.6 Å². The Balaban J connectivity index is 1.22. The van der Waals surface area contributed by atoms with Crippen LogP contribution < -0.4 is 10.6 Å². The van der Waals surface area contributed by atoms with Gasteiger partial charge in [0.2, 0.25) is 5.91 Å². The smallest absolute Gasteiger partial charge is 0.251 e. The largest absolute Gasteiger partial charge is 0.348 e. The van der Waals surface area contributed by atoms with Crippen LogP contribution in [0, 0.1) is 17.3 Å². The lowest BCUT2D eigenvalue weighted by Crippen LogP contribution is -2.57. The summed E-state index contributed by atoms with van der Waals surface area (Å²) in [5.74, 6) is 1.39. The van der Waals surface area contributed by atoms with Gasteiger partial charge in [0.15, 0.2) is 0 Å². The van der Waals surface area contributed by atoms with Crippen molar-refractivity contribution in [1.29, 1.82) is 0 Å². The molecule has 4 aliphatic rings. The fourth-order valence-corrected chi connectivity index (χ4v) is 7.72. The van der Waals surface area contributed by atoms with Crippen LogP contribution in [0.15, 0.2) is 54.6 Å². The maximum Gasteiger partial charge on any atom is 0.251 e. The predicted octanol–water partition coefficient (Wildman–Crippen LogP) is 5.29. The summed E-state index contributed by atoms with van der Waals surface area (Å²) in [7, 11) is 0. The Bertz CT molecular complexity index is 943. The zero-order chi connectivity index (χ0) is 20.8. The first-order valence-corrected chi connectivity index (χ1v) is 11.7. The molecule has 0 unspecified atom stereocenters. The first-order chi connectivity index (χ1) is 14.4. The number of carbonyl (C=O) groups excluding carboxylic acids is 2. The predicted molar refractivity (Wildman–Crippen MR) is 121 cm³/mol. The van der Waals surface area contributed by atoms with Crippen molar-refractivity contribution in [3.05, 3.63) is 65.7 Å². The number of alkyl halides is 1. The topological polar surface area (TPSA) is 58.2 Å². The van der Waals surface area contributed by atoms with E-state index in [9.17, 15) is 9.59 Å². The van der Waals surface area contributed by atoms with E-state index in [1.165, 1.54) is 19.3 Å². The second-order valence-electron chi connectivity index (χ2n) is 9.59. The maximum atomic E-state index is 13.3. The van der Waals surface area contributed by atoms with Gasteiger partial charge in [0.05, 0.1) is 5.41 Å². The Morgan fingerprint density at radius 2 is 1.60 bits per heavy atom. The third kappa shape index (κ3) is 3.80. The highest BCUT2D eigenvalue weighted by molar-refractivity contribution is 9.10. The van der Waals surface area contributed by atoms with Gasteiger partial charge in [-0.1, -0.05) is 46.3 Å². The molecule has 2 aromatic carbocycles. The van der Waals surface area contributed by atoms with Gasteiger partial charge < -0.3 is 10.6 Å². The number of amides is 2. The van der Waals surface area contributed by atoms with Gasteiger partial charge in [-0.3, -0.25) is 9.59 Å². The molecule has 2 amide bonds. The van der Waals surface area contributed by atoms with Crippen LogP contribution in [0.3, 0.4) is 0 Å². The zero-order valence-corrected chi connectivity index (χ0v) is 18.6. The van der Waals surface area contributed by atoms with E-state index in [1.807, 2.05) is 42.5 Å². The molecular weight excluding hydrogens is 440 g/mol. The minimum atomic E-state index is -0.237. The van der Waals surface area contributed by atoms with E-state index in [1.54, 1.807) is 12.1 Å². The lowest BCUT2D eigenvalue weighted by molar-refractivity contribution is -0.138. The average Bonchev–Trinajstić information content (AvgIpc) is 2.71. The van der Waals surface area contributed by atoms with Crippen LogP contribution >= 0.6 is 15.9 Å². The number of benzene rings is 2.